The zero-order chi connectivity index (χ0) is 18.4. The normalized spacial score (nSPS) is 16.4. The van der Waals surface area contributed by atoms with Gasteiger partial charge in [-0.2, -0.15) is 5.26 Å². The lowest BCUT2D eigenvalue weighted by Gasteiger charge is -2.15. The Kier molecular flexibility index (Phi) is 4.11. The monoisotopic (exact) mass is 359 g/mol. The van der Waals surface area contributed by atoms with Gasteiger partial charge in [0.15, 0.2) is 9.84 Å². The van der Waals surface area contributed by atoms with Gasteiger partial charge < -0.3 is 9.84 Å². The van der Waals surface area contributed by atoms with Crippen molar-refractivity contribution in [3.05, 3.63) is 59.4 Å². The summed E-state index contributed by atoms with van der Waals surface area (Å²) in [4.78, 5) is 0.0120. The molecular formula is C18H14FNO4S. The van der Waals surface area contributed by atoms with E-state index in [1.165, 1.54) is 18.2 Å². The van der Waals surface area contributed by atoms with Crippen LogP contribution in [0.3, 0.4) is 0 Å². The lowest BCUT2D eigenvalue weighted by atomic mass is 10.1. The molecule has 1 N–H and O–H groups in total. The third-order valence-electron chi connectivity index (χ3n) is 3.92. The molecular weight excluding hydrogens is 345 g/mol. The van der Waals surface area contributed by atoms with E-state index in [4.69, 9.17) is 10.00 Å². The van der Waals surface area contributed by atoms with Crippen molar-refractivity contribution < 1.29 is 22.7 Å². The Hall–Kier alpha value is -2.69. The quantitative estimate of drug-likeness (QED) is 0.908. The number of nitrogens with zero attached hydrogens (tertiary/aromatic N) is 1. The Morgan fingerprint density at radius 3 is 2.72 bits per heavy atom. The van der Waals surface area contributed by atoms with E-state index in [0.717, 1.165) is 18.4 Å². The zero-order valence-corrected chi connectivity index (χ0v) is 14.1. The predicted octanol–water partition coefficient (Wildman–Crippen LogP) is 3.34. The molecule has 2 aromatic rings. The highest BCUT2D eigenvalue weighted by Gasteiger charge is 2.32. The van der Waals surface area contributed by atoms with Crippen LogP contribution >= 0.6 is 0 Å². The van der Waals surface area contributed by atoms with Crippen LogP contribution < -0.4 is 4.74 Å². The lowest BCUT2D eigenvalue weighted by molar-refractivity contribution is 0.187. The van der Waals surface area contributed by atoms with E-state index in [-0.39, 0.29) is 33.9 Å². The minimum Gasteiger partial charge on any atom is -0.457 e. The summed E-state index contributed by atoms with van der Waals surface area (Å²) in [6, 6.07) is 8.18. The molecule has 3 rings (SSSR count). The number of hydrogen-bond acceptors (Lipinski definition) is 5. The van der Waals surface area contributed by atoms with Gasteiger partial charge in [-0.15, -0.1) is 0 Å². The fourth-order valence-electron chi connectivity index (χ4n) is 2.93. The number of benzene rings is 2. The van der Waals surface area contributed by atoms with E-state index in [1.54, 1.807) is 0 Å². The average molecular weight is 359 g/mol. The third kappa shape index (κ3) is 3.14. The van der Waals surface area contributed by atoms with Crippen LogP contribution in [0.25, 0.3) is 5.57 Å². The number of ether oxygens (including phenoxy) is 1. The van der Waals surface area contributed by atoms with Crippen molar-refractivity contribution in [2.45, 2.75) is 17.4 Å². The molecule has 0 fully saturated rings. The van der Waals surface area contributed by atoms with Crippen LogP contribution in [-0.2, 0) is 9.84 Å². The summed E-state index contributed by atoms with van der Waals surface area (Å²) in [5.74, 6) is -0.282. The largest absolute Gasteiger partial charge is 0.457 e. The van der Waals surface area contributed by atoms with Gasteiger partial charge in [0.2, 0.25) is 0 Å². The maximum Gasteiger partial charge on any atom is 0.175 e. The van der Waals surface area contributed by atoms with Crippen LogP contribution in [0, 0.1) is 17.1 Å². The average Bonchev–Trinajstić information content (AvgIpc) is 2.81. The van der Waals surface area contributed by atoms with E-state index in [9.17, 15) is 17.9 Å². The molecule has 1 unspecified atom stereocenters. The van der Waals surface area contributed by atoms with E-state index in [1.807, 2.05) is 6.07 Å². The minimum absolute atomic E-state index is 0.0120. The highest BCUT2D eigenvalue weighted by atomic mass is 32.2. The molecule has 0 saturated carbocycles. The SMILES string of the molecule is C=C1CC(O)c2c(S(C)(=O)=O)ccc(Oc3cc(F)cc(C#N)c3)c21. The van der Waals surface area contributed by atoms with Crippen LogP contribution in [0.2, 0.25) is 0 Å². The third-order valence-corrected chi connectivity index (χ3v) is 5.08. The minimum atomic E-state index is -3.55. The van der Waals surface area contributed by atoms with Gasteiger partial charge in [0.1, 0.15) is 17.3 Å². The number of aliphatic hydroxyl groups is 1. The fourth-order valence-corrected chi connectivity index (χ4v) is 3.89. The van der Waals surface area contributed by atoms with Gasteiger partial charge in [0.25, 0.3) is 0 Å². The number of sulfone groups is 1. The van der Waals surface area contributed by atoms with Crippen LogP contribution in [0.1, 0.15) is 29.2 Å². The summed E-state index contributed by atoms with van der Waals surface area (Å²) >= 11 is 0. The molecule has 0 spiro atoms. The van der Waals surface area contributed by atoms with Gasteiger partial charge >= 0.3 is 0 Å². The summed E-state index contributed by atoms with van der Waals surface area (Å²) in [5, 5.41) is 19.2. The van der Waals surface area contributed by atoms with Gasteiger partial charge in [-0.1, -0.05) is 6.58 Å². The summed E-state index contributed by atoms with van der Waals surface area (Å²) in [6.07, 6.45) is 0.242. The predicted molar refractivity (Wildman–Crippen MR) is 89.4 cm³/mol. The molecule has 0 aromatic heterocycles. The first kappa shape index (κ1) is 17.1. The molecule has 25 heavy (non-hydrogen) atoms. The van der Waals surface area contributed by atoms with E-state index < -0.39 is 21.8 Å². The first-order valence-corrected chi connectivity index (χ1v) is 9.21. The smallest absolute Gasteiger partial charge is 0.175 e. The van der Waals surface area contributed by atoms with Crippen LogP contribution in [0.4, 0.5) is 4.39 Å². The molecule has 0 aliphatic heterocycles. The molecule has 128 valence electrons. The summed E-state index contributed by atoms with van der Waals surface area (Å²) < 4.78 is 43.2. The second kappa shape index (κ2) is 5.99. The molecule has 0 radical (unpaired) electrons. The summed E-state index contributed by atoms with van der Waals surface area (Å²) in [5.41, 5.74) is 1.26. The van der Waals surface area contributed by atoms with Gasteiger partial charge in [-0.25, -0.2) is 12.8 Å². The van der Waals surface area contributed by atoms with Gasteiger partial charge in [-0.3, -0.25) is 0 Å². The number of rotatable bonds is 3. The van der Waals surface area contributed by atoms with Crippen molar-refractivity contribution >= 4 is 15.4 Å². The molecule has 5 nitrogen and oxygen atoms in total. The van der Waals surface area contributed by atoms with E-state index >= 15 is 0 Å². The first-order valence-electron chi connectivity index (χ1n) is 7.32. The second-order valence-electron chi connectivity index (χ2n) is 5.84. The molecule has 0 heterocycles. The van der Waals surface area contributed by atoms with Crippen molar-refractivity contribution in [2.24, 2.45) is 0 Å². The molecule has 0 saturated heterocycles. The number of nitriles is 1. The van der Waals surface area contributed by atoms with Crippen molar-refractivity contribution in [1.29, 1.82) is 5.26 Å². The van der Waals surface area contributed by atoms with Crippen molar-refractivity contribution in [3.8, 4) is 17.6 Å². The topological polar surface area (TPSA) is 87.4 Å². The molecule has 7 heteroatoms. The number of fused-ring (bicyclic) bond motifs is 1. The van der Waals surface area contributed by atoms with Crippen molar-refractivity contribution in [3.63, 3.8) is 0 Å². The van der Waals surface area contributed by atoms with Crippen molar-refractivity contribution in [2.75, 3.05) is 6.26 Å². The molecule has 0 amide bonds. The fraction of sp³-hybridized carbons (Fsp3) is 0.167. The number of hydrogen-bond donors (Lipinski definition) is 1. The molecule has 1 aliphatic rings. The maximum absolute atomic E-state index is 13.6. The van der Waals surface area contributed by atoms with Crippen LogP contribution in [-0.4, -0.2) is 19.8 Å². The Labute approximate surface area is 144 Å². The Morgan fingerprint density at radius 2 is 2.08 bits per heavy atom. The van der Waals surface area contributed by atoms with Crippen LogP contribution in [0.15, 0.2) is 41.8 Å². The first-order chi connectivity index (χ1) is 11.7. The summed E-state index contributed by atoms with van der Waals surface area (Å²) in [7, 11) is -3.55. The lowest BCUT2D eigenvalue weighted by Crippen LogP contribution is -2.05. The molecule has 2 aromatic carbocycles. The van der Waals surface area contributed by atoms with Gasteiger partial charge in [0.05, 0.1) is 22.6 Å². The second-order valence-corrected chi connectivity index (χ2v) is 7.82. The van der Waals surface area contributed by atoms with Gasteiger partial charge in [0, 0.05) is 29.9 Å². The van der Waals surface area contributed by atoms with Gasteiger partial charge in [-0.05, 0) is 29.8 Å². The standard InChI is InChI=1S/C18H14FNO4S/c1-10-5-14(21)18-16(25(2,22)23)4-3-15(17(10)18)24-13-7-11(9-20)6-12(19)8-13/h3-4,6-8,14,21H,1,5H2,2H3. The van der Waals surface area contributed by atoms with Crippen molar-refractivity contribution in [1.82, 2.24) is 0 Å². The van der Waals surface area contributed by atoms with E-state index in [0.29, 0.717) is 11.1 Å². The Morgan fingerprint density at radius 1 is 1.36 bits per heavy atom. The Bertz CT molecular complexity index is 1040. The number of halogens is 1. The highest BCUT2D eigenvalue weighted by molar-refractivity contribution is 7.90. The molecule has 1 atom stereocenters. The summed E-state index contributed by atoms with van der Waals surface area (Å²) in [6.45, 7) is 3.86. The highest BCUT2D eigenvalue weighted by Crippen LogP contribution is 2.47. The maximum atomic E-state index is 13.6. The van der Waals surface area contributed by atoms with E-state index in [2.05, 4.69) is 6.58 Å². The van der Waals surface area contributed by atoms with Crippen LogP contribution in [0.5, 0.6) is 11.5 Å². The zero-order valence-electron chi connectivity index (χ0n) is 13.3. The number of aliphatic hydroxyl groups excluding tert-OH is 1. The molecule has 1 aliphatic carbocycles. The Balaban J connectivity index is 2.15. The molecule has 0 bridgehead atoms.